The molecule has 0 radical (unpaired) electrons. The van der Waals surface area contributed by atoms with Crippen molar-refractivity contribution in [3.05, 3.63) is 40.3 Å². The molecule has 1 aliphatic heterocycles. The summed E-state index contributed by atoms with van der Waals surface area (Å²) in [4.78, 5) is 24.2. The van der Waals surface area contributed by atoms with Gasteiger partial charge in [-0.2, -0.15) is 0 Å². The van der Waals surface area contributed by atoms with Crippen LogP contribution in [0.4, 0.5) is 5.69 Å². The molecule has 3 rings (SSSR count). The summed E-state index contributed by atoms with van der Waals surface area (Å²) in [5.74, 6) is 0.559. The number of anilines is 1. The van der Waals surface area contributed by atoms with Gasteiger partial charge in [0.05, 0.1) is 18.4 Å². The number of hydrogen-bond acceptors (Lipinski definition) is 5. The zero-order valence-corrected chi connectivity index (χ0v) is 16.6. The summed E-state index contributed by atoms with van der Waals surface area (Å²) in [5.41, 5.74) is 1.76. The van der Waals surface area contributed by atoms with Gasteiger partial charge in [0.25, 0.3) is 0 Å². The van der Waals surface area contributed by atoms with Crippen molar-refractivity contribution in [2.24, 2.45) is 0 Å². The van der Waals surface area contributed by atoms with E-state index in [0.29, 0.717) is 17.6 Å². The number of H-pyrrole nitrogens is 1. The Hall–Kier alpha value is -2.06. The van der Waals surface area contributed by atoms with Crippen molar-refractivity contribution in [2.75, 3.05) is 17.7 Å². The first-order chi connectivity index (χ1) is 13.1. The Morgan fingerprint density at radius 3 is 2.89 bits per heavy atom. The van der Waals surface area contributed by atoms with Crippen LogP contribution in [0.3, 0.4) is 0 Å². The lowest BCUT2D eigenvalue weighted by molar-refractivity contribution is -0.113. The Balaban J connectivity index is 1.54. The number of carbonyl (C=O) groups is 1. The van der Waals surface area contributed by atoms with E-state index in [1.54, 1.807) is 4.57 Å². The van der Waals surface area contributed by atoms with Crippen LogP contribution in [-0.4, -0.2) is 39.1 Å². The molecule has 1 saturated heterocycles. The molecule has 27 heavy (non-hydrogen) atoms. The fourth-order valence-corrected chi connectivity index (χ4v) is 3.78. The van der Waals surface area contributed by atoms with E-state index >= 15 is 0 Å². The number of thioether (sulfide) groups is 1. The molecular formula is C19H26N4O3S. The number of aromatic nitrogens is 3. The quantitative estimate of drug-likeness (QED) is 0.677. The molecule has 0 aliphatic carbocycles. The van der Waals surface area contributed by atoms with Crippen LogP contribution in [0, 0.1) is 0 Å². The molecule has 2 aromatic rings. The first kappa shape index (κ1) is 19.7. The number of ether oxygens (including phenoxy) is 1. The van der Waals surface area contributed by atoms with Crippen LogP contribution in [-0.2, 0) is 16.1 Å². The summed E-state index contributed by atoms with van der Waals surface area (Å²) in [7, 11) is 0. The second-order valence-electron chi connectivity index (χ2n) is 6.83. The smallest absolute Gasteiger partial charge is 0.344 e. The minimum Gasteiger partial charge on any atom is -0.376 e. The Bertz CT molecular complexity index is 809. The van der Waals surface area contributed by atoms with E-state index in [1.165, 1.54) is 17.3 Å². The second-order valence-corrected chi connectivity index (χ2v) is 7.77. The molecule has 0 unspecified atom stereocenters. The van der Waals surface area contributed by atoms with Crippen LogP contribution < -0.4 is 11.0 Å². The monoisotopic (exact) mass is 390 g/mol. The highest BCUT2D eigenvalue weighted by atomic mass is 32.2. The van der Waals surface area contributed by atoms with Crippen molar-refractivity contribution < 1.29 is 9.53 Å². The summed E-state index contributed by atoms with van der Waals surface area (Å²) in [5, 5.41) is 9.88. The average molecular weight is 391 g/mol. The second kappa shape index (κ2) is 9.23. The van der Waals surface area contributed by atoms with E-state index in [2.05, 4.69) is 29.4 Å². The zero-order chi connectivity index (χ0) is 19.2. The molecule has 8 heteroatoms. The number of nitrogens with one attached hydrogen (secondary N) is 2. The third-order valence-corrected chi connectivity index (χ3v) is 5.82. The van der Waals surface area contributed by atoms with Crippen molar-refractivity contribution in [1.29, 1.82) is 0 Å². The molecular weight excluding hydrogens is 364 g/mol. The largest absolute Gasteiger partial charge is 0.376 e. The Labute approximate surface area is 162 Å². The lowest BCUT2D eigenvalue weighted by Crippen LogP contribution is -2.25. The van der Waals surface area contributed by atoms with Crippen LogP contribution in [0.25, 0.3) is 0 Å². The van der Waals surface area contributed by atoms with Crippen molar-refractivity contribution in [2.45, 2.75) is 56.8 Å². The van der Waals surface area contributed by atoms with Crippen molar-refractivity contribution in [3.63, 3.8) is 0 Å². The highest BCUT2D eigenvalue weighted by Gasteiger charge is 2.20. The van der Waals surface area contributed by atoms with Gasteiger partial charge in [-0.05, 0) is 42.9 Å². The molecule has 1 fully saturated rings. The zero-order valence-electron chi connectivity index (χ0n) is 15.7. The van der Waals surface area contributed by atoms with Crippen LogP contribution in [0.15, 0.2) is 34.2 Å². The molecule has 2 heterocycles. The number of aromatic amines is 1. The van der Waals surface area contributed by atoms with Crippen LogP contribution in [0.5, 0.6) is 0 Å². The average Bonchev–Trinajstić information content (AvgIpc) is 3.31. The molecule has 7 nitrogen and oxygen atoms in total. The Kier molecular flexibility index (Phi) is 6.73. The topological polar surface area (TPSA) is 89.0 Å². The van der Waals surface area contributed by atoms with Crippen molar-refractivity contribution in [3.8, 4) is 0 Å². The number of amides is 1. The Morgan fingerprint density at radius 2 is 2.22 bits per heavy atom. The summed E-state index contributed by atoms with van der Waals surface area (Å²) in [6.07, 6.45) is 3.07. The lowest BCUT2D eigenvalue weighted by atomic mass is 9.99. The van der Waals surface area contributed by atoms with Crippen LogP contribution >= 0.6 is 11.8 Å². The summed E-state index contributed by atoms with van der Waals surface area (Å²) in [6.45, 7) is 5.55. The normalized spacial score (nSPS) is 17.8. The minimum absolute atomic E-state index is 0.0394. The maximum atomic E-state index is 12.2. The molecule has 1 aromatic carbocycles. The fourth-order valence-electron chi connectivity index (χ4n) is 3.02. The third kappa shape index (κ3) is 5.23. The van der Waals surface area contributed by atoms with E-state index in [1.807, 2.05) is 24.3 Å². The SMILES string of the molecule is CC[C@@H](C)c1ccc(NC(=O)CSc2n[nH]c(=O)n2C[C@@H]2CCCO2)cc1. The molecule has 1 aliphatic rings. The van der Waals surface area contributed by atoms with Gasteiger partial charge in [0.15, 0.2) is 5.16 Å². The number of benzene rings is 1. The molecule has 2 N–H and O–H groups in total. The fraction of sp³-hybridized carbons (Fsp3) is 0.526. The van der Waals surface area contributed by atoms with Gasteiger partial charge in [-0.3, -0.25) is 9.36 Å². The molecule has 2 atom stereocenters. The van der Waals surface area contributed by atoms with E-state index in [-0.39, 0.29) is 23.5 Å². The van der Waals surface area contributed by atoms with Gasteiger partial charge >= 0.3 is 5.69 Å². The highest BCUT2D eigenvalue weighted by molar-refractivity contribution is 7.99. The molecule has 0 bridgehead atoms. The van der Waals surface area contributed by atoms with Crippen LogP contribution in [0.2, 0.25) is 0 Å². The third-order valence-electron chi connectivity index (χ3n) is 4.84. The number of hydrogen-bond donors (Lipinski definition) is 2. The van der Waals surface area contributed by atoms with Gasteiger partial charge in [0, 0.05) is 12.3 Å². The van der Waals surface area contributed by atoms with Gasteiger partial charge in [-0.1, -0.05) is 37.7 Å². The molecule has 0 spiro atoms. The van der Waals surface area contributed by atoms with Gasteiger partial charge in [-0.15, -0.1) is 5.10 Å². The lowest BCUT2D eigenvalue weighted by Gasteiger charge is -2.11. The van der Waals surface area contributed by atoms with Crippen molar-refractivity contribution in [1.82, 2.24) is 14.8 Å². The predicted octanol–water partition coefficient (Wildman–Crippen LogP) is 2.99. The van der Waals surface area contributed by atoms with Gasteiger partial charge < -0.3 is 10.1 Å². The van der Waals surface area contributed by atoms with Gasteiger partial charge in [0.2, 0.25) is 5.91 Å². The van der Waals surface area contributed by atoms with E-state index < -0.39 is 0 Å². The number of rotatable bonds is 8. The molecule has 1 aromatic heterocycles. The van der Waals surface area contributed by atoms with Gasteiger partial charge in [-0.25, -0.2) is 9.89 Å². The molecule has 146 valence electrons. The molecule has 0 saturated carbocycles. The first-order valence-electron chi connectivity index (χ1n) is 9.36. The van der Waals surface area contributed by atoms with E-state index in [9.17, 15) is 9.59 Å². The first-order valence-corrected chi connectivity index (χ1v) is 10.3. The van der Waals surface area contributed by atoms with Gasteiger partial charge in [0.1, 0.15) is 0 Å². The summed E-state index contributed by atoms with van der Waals surface area (Å²) < 4.78 is 7.14. The van der Waals surface area contributed by atoms with E-state index in [0.717, 1.165) is 31.6 Å². The van der Waals surface area contributed by atoms with Crippen LogP contribution in [0.1, 0.15) is 44.6 Å². The summed E-state index contributed by atoms with van der Waals surface area (Å²) in [6, 6.07) is 7.94. The number of carbonyl (C=O) groups excluding carboxylic acids is 1. The van der Waals surface area contributed by atoms with Crippen molar-refractivity contribution >= 4 is 23.4 Å². The predicted molar refractivity (Wildman–Crippen MR) is 106 cm³/mol. The highest BCUT2D eigenvalue weighted by Crippen LogP contribution is 2.21. The maximum Gasteiger partial charge on any atom is 0.344 e. The standard InChI is InChI=1S/C19H26N4O3S/c1-3-13(2)14-6-8-15(9-7-14)20-17(24)12-27-19-22-21-18(25)23(19)11-16-5-4-10-26-16/h6-9,13,16H,3-5,10-12H2,1-2H3,(H,20,24)(H,21,25)/t13-,16+/m1/s1. The maximum absolute atomic E-state index is 12.2. The van der Waals surface area contributed by atoms with E-state index in [4.69, 9.17) is 4.74 Å². The molecule has 1 amide bonds. The Morgan fingerprint density at radius 1 is 1.44 bits per heavy atom. The summed E-state index contributed by atoms with van der Waals surface area (Å²) >= 11 is 1.24. The number of nitrogens with zero attached hydrogens (tertiary/aromatic N) is 2. The minimum atomic E-state index is -0.269.